The van der Waals surface area contributed by atoms with Crippen LogP contribution in [-0.4, -0.2) is 11.1 Å². The summed E-state index contributed by atoms with van der Waals surface area (Å²) in [5, 5.41) is 0. The second-order valence-electron chi connectivity index (χ2n) is 4.35. The molecule has 0 aliphatic heterocycles. The first kappa shape index (κ1) is 10.5. The highest BCUT2D eigenvalue weighted by molar-refractivity contribution is 5.17. The lowest BCUT2D eigenvalue weighted by Crippen LogP contribution is -2.23. The van der Waals surface area contributed by atoms with Crippen LogP contribution < -0.4 is 4.74 Å². The van der Waals surface area contributed by atoms with E-state index in [0.717, 1.165) is 11.7 Å². The van der Waals surface area contributed by atoms with Gasteiger partial charge in [0.15, 0.2) is 0 Å². The third-order valence-corrected chi connectivity index (χ3v) is 3.32. The molecule has 2 rings (SSSR count). The number of pyridine rings is 1. The fourth-order valence-corrected chi connectivity index (χ4v) is 2.27. The lowest BCUT2D eigenvalue weighted by molar-refractivity contribution is 0.130. The van der Waals surface area contributed by atoms with Gasteiger partial charge >= 0.3 is 0 Å². The Labute approximate surface area is 91.7 Å². The molecular weight excluding hydrogens is 186 g/mol. The average Bonchev–Trinajstić information content (AvgIpc) is 2.31. The van der Waals surface area contributed by atoms with E-state index >= 15 is 0 Å². The van der Waals surface area contributed by atoms with Crippen LogP contribution in [-0.2, 0) is 0 Å². The molecule has 2 heteroatoms. The van der Waals surface area contributed by atoms with Crippen molar-refractivity contribution in [2.45, 2.75) is 45.1 Å². The molecule has 0 N–H and O–H groups in total. The number of rotatable bonds is 3. The maximum absolute atomic E-state index is 5.91. The maximum atomic E-state index is 5.91. The summed E-state index contributed by atoms with van der Waals surface area (Å²) in [5.74, 6) is 1.90. The van der Waals surface area contributed by atoms with Gasteiger partial charge in [-0.1, -0.05) is 13.3 Å². The summed E-state index contributed by atoms with van der Waals surface area (Å²) in [6.45, 7) is 2.29. The SMILES string of the molecule is CCC1CCC(Oc2ccncc2)CC1. The zero-order valence-electron chi connectivity index (χ0n) is 9.36. The van der Waals surface area contributed by atoms with Crippen molar-refractivity contribution in [3.63, 3.8) is 0 Å². The molecule has 0 radical (unpaired) electrons. The summed E-state index contributed by atoms with van der Waals surface area (Å²) < 4.78 is 5.91. The van der Waals surface area contributed by atoms with E-state index in [1.807, 2.05) is 12.1 Å². The summed E-state index contributed by atoms with van der Waals surface area (Å²) in [4.78, 5) is 3.98. The van der Waals surface area contributed by atoms with Gasteiger partial charge in [-0.15, -0.1) is 0 Å². The zero-order chi connectivity index (χ0) is 10.5. The quantitative estimate of drug-likeness (QED) is 0.754. The van der Waals surface area contributed by atoms with Crippen LogP contribution in [0.1, 0.15) is 39.0 Å². The van der Waals surface area contributed by atoms with E-state index in [9.17, 15) is 0 Å². The molecule has 1 aromatic heterocycles. The van der Waals surface area contributed by atoms with Gasteiger partial charge in [-0.05, 0) is 43.7 Å². The minimum atomic E-state index is 0.426. The highest BCUT2D eigenvalue weighted by atomic mass is 16.5. The van der Waals surface area contributed by atoms with E-state index in [2.05, 4.69) is 11.9 Å². The van der Waals surface area contributed by atoms with E-state index in [4.69, 9.17) is 4.74 Å². The predicted molar refractivity (Wildman–Crippen MR) is 60.9 cm³/mol. The zero-order valence-corrected chi connectivity index (χ0v) is 9.36. The molecule has 1 fully saturated rings. The molecule has 0 unspecified atom stereocenters. The van der Waals surface area contributed by atoms with Gasteiger partial charge in [0.1, 0.15) is 5.75 Å². The van der Waals surface area contributed by atoms with E-state index in [-0.39, 0.29) is 0 Å². The first-order valence-electron chi connectivity index (χ1n) is 5.95. The van der Waals surface area contributed by atoms with Crippen LogP contribution in [0.3, 0.4) is 0 Å². The Kier molecular flexibility index (Phi) is 3.59. The van der Waals surface area contributed by atoms with E-state index in [1.165, 1.54) is 32.1 Å². The second-order valence-corrected chi connectivity index (χ2v) is 4.35. The molecular formula is C13H19NO. The molecule has 0 aromatic carbocycles. The molecule has 0 atom stereocenters. The van der Waals surface area contributed by atoms with Gasteiger partial charge in [0, 0.05) is 12.4 Å². The lowest BCUT2D eigenvalue weighted by Gasteiger charge is -2.28. The lowest BCUT2D eigenvalue weighted by atomic mass is 9.86. The average molecular weight is 205 g/mol. The molecule has 2 nitrogen and oxygen atoms in total. The van der Waals surface area contributed by atoms with Gasteiger partial charge in [-0.3, -0.25) is 4.98 Å². The van der Waals surface area contributed by atoms with E-state index < -0.39 is 0 Å². The van der Waals surface area contributed by atoms with Gasteiger partial charge in [-0.2, -0.15) is 0 Å². The standard InChI is InChI=1S/C13H19NO/c1-2-11-3-5-12(6-4-11)15-13-7-9-14-10-8-13/h7-12H,2-6H2,1H3. The van der Waals surface area contributed by atoms with Crippen LogP contribution in [0.4, 0.5) is 0 Å². The van der Waals surface area contributed by atoms with Crippen molar-refractivity contribution < 1.29 is 4.74 Å². The van der Waals surface area contributed by atoms with Crippen molar-refractivity contribution in [1.82, 2.24) is 4.98 Å². The van der Waals surface area contributed by atoms with Gasteiger partial charge in [0.25, 0.3) is 0 Å². The predicted octanol–water partition coefficient (Wildman–Crippen LogP) is 3.43. The molecule has 0 saturated heterocycles. The molecule has 0 amide bonds. The van der Waals surface area contributed by atoms with Gasteiger partial charge in [-0.25, -0.2) is 0 Å². The summed E-state index contributed by atoms with van der Waals surface area (Å²) in [6, 6.07) is 3.87. The van der Waals surface area contributed by atoms with Crippen LogP contribution in [0.2, 0.25) is 0 Å². The Bertz CT molecular complexity index is 278. The van der Waals surface area contributed by atoms with Crippen molar-refractivity contribution in [2.75, 3.05) is 0 Å². The third kappa shape index (κ3) is 2.95. The Morgan fingerprint density at radius 1 is 1.20 bits per heavy atom. The molecule has 15 heavy (non-hydrogen) atoms. The maximum Gasteiger partial charge on any atom is 0.122 e. The Hall–Kier alpha value is -1.05. The fraction of sp³-hybridized carbons (Fsp3) is 0.615. The fourth-order valence-electron chi connectivity index (χ4n) is 2.27. The summed E-state index contributed by atoms with van der Waals surface area (Å²) >= 11 is 0. The summed E-state index contributed by atoms with van der Waals surface area (Å²) in [5.41, 5.74) is 0. The minimum absolute atomic E-state index is 0.426. The van der Waals surface area contributed by atoms with Crippen molar-refractivity contribution in [3.05, 3.63) is 24.5 Å². The first-order valence-corrected chi connectivity index (χ1v) is 5.95. The number of ether oxygens (including phenoxy) is 1. The Morgan fingerprint density at radius 2 is 1.87 bits per heavy atom. The molecule has 1 aromatic rings. The molecule has 1 heterocycles. The smallest absolute Gasteiger partial charge is 0.122 e. The first-order chi connectivity index (χ1) is 7.38. The van der Waals surface area contributed by atoms with Crippen molar-refractivity contribution in [3.8, 4) is 5.75 Å². The van der Waals surface area contributed by atoms with E-state index in [1.54, 1.807) is 12.4 Å². The molecule has 1 aliphatic carbocycles. The number of nitrogens with zero attached hydrogens (tertiary/aromatic N) is 1. The van der Waals surface area contributed by atoms with Gasteiger partial charge < -0.3 is 4.74 Å². The normalized spacial score (nSPS) is 26.2. The van der Waals surface area contributed by atoms with Crippen LogP contribution >= 0.6 is 0 Å². The van der Waals surface area contributed by atoms with Crippen molar-refractivity contribution in [1.29, 1.82) is 0 Å². The van der Waals surface area contributed by atoms with Crippen LogP contribution in [0, 0.1) is 5.92 Å². The van der Waals surface area contributed by atoms with Gasteiger partial charge in [0.05, 0.1) is 6.10 Å². The third-order valence-electron chi connectivity index (χ3n) is 3.32. The number of hydrogen-bond donors (Lipinski definition) is 0. The van der Waals surface area contributed by atoms with E-state index in [0.29, 0.717) is 6.10 Å². The number of hydrogen-bond acceptors (Lipinski definition) is 2. The minimum Gasteiger partial charge on any atom is -0.490 e. The Balaban J connectivity index is 1.82. The molecule has 0 bridgehead atoms. The molecule has 82 valence electrons. The molecule has 0 spiro atoms. The molecule has 1 aliphatic rings. The number of aromatic nitrogens is 1. The second kappa shape index (κ2) is 5.15. The highest BCUT2D eigenvalue weighted by Crippen LogP contribution is 2.28. The highest BCUT2D eigenvalue weighted by Gasteiger charge is 2.20. The largest absolute Gasteiger partial charge is 0.490 e. The summed E-state index contributed by atoms with van der Waals surface area (Å²) in [7, 11) is 0. The van der Waals surface area contributed by atoms with Crippen molar-refractivity contribution in [2.24, 2.45) is 5.92 Å². The summed E-state index contributed by atoms with van der Waals surface area (Å²) in [6.07, 6.45) is 10.4. The van der Waals surface area contributed by atoms with Crippen LogP contribution in [0.5, 0.6) is 5.75 Å². The topological polar surface area (TPSA) is 22.1 Å². The Morgan fingerprint density at radius 3 is 2.47 bits per heavy atom. The van der Waals surface area contributed by atoms with Gasteiger partial charge in [0.2, 0.25) is 0 Å². The van der Waals surface area contributed by atoms with Crippen LogP contribution in [0.15, 0.2) is 24.5 Å². The monoisotopic (exact) mass is 205 g/mol. The van der Waals surface area contributed by atoms with Crippen LogP contribution in [0.25, 0.3) is 0 Å². The molecule has 1 saturated carbocycles. The van der Waals surface area contributed by atoms with Crippen molar-refractivity contribution >= 4 is 0 Å².